The first-order chi connectivity index (χ1) is 11.9. The lowest BCUT2D eigenvalue weighted by Crippen LogP contribution is -2.38. The highest BCUT2D eigenvalue weighted by atomic mass is 35.5. The second-order valence-corrected chi connectivity index (χ2v) is 6.64. The number of fused-ring (bicyclic) bond motifs is 1. The highest BCUT2D eigenvalue weighted by Gasteiger charge is 2.48. The van der Waals surface area contributed by atoms with E-state index in [1.54, 1.807) is 0 Å². The Morgan fingerprint density at radius 3 is 2.40 bits per heavy atom. The third-order valence-electron chi connectivity index (χ3n) is 4.66. The van der Waals surface area contributed by atoms with E-state index in [1.165, 1.54) is 12.1 Å². The Hall–Kier alpha value is -2.48. The molecular weight excluding hydrogens is 350 g/mol. The summed E-state index contributed by atoms with van der Waals surface area (Å²) in [5, 5.41) is 13.3. The molecule has 1 aliphatic carbocycles. The maximum Gasteiger partial charge on any atom is 0.289 e. The molecule has 0 unspecified atom stereocenters. The molecule has 9 heteroatoms. The van der Waals surface area contributed by atoms with Gasteiger partial charge < -0.3 is 5.32 Å². The van der Waals surface area contributed by atoms with Crippen LogP contribution in [0.5, 0.6) is 0 Å². The van der Waals surface area contributed by atoms with Gasteiger partial charge in [0.05, 0.1) is 16.8 Å². The van der Waals surface area contributed by atoms with Gasteiger partial charge in [0.15, 0.2) is 0 Å². The summed E-state index contributed by atoms with van der Waals surface area (Å²) in [6.45, 7) is -0.388. The van der Waals surface area contributed by atoms with Crippen molar-refractivity contribution in [2.24, 2.45) is 11.8 Å². The Bertz CT molecular complexity index is 742. The van der Waals surface area contributed by atoms with Crippen LogP contribution in [0.4, 0.5) is 11.4 Å². The van der Waals surface area contributed by atoms with E-state index in [2.05, 4.69) is 5.32 Å². The van der Waals surface area contributed by atoms with Crippen molar-refractivity contribution in [3.8, 4) is 0 Å². The van der Waals surface area contributed by atoms with E-state index in [9.17, 15) is 24.5 Å². The van der Waals surface area contributed by atoms with Crippen molar-refractivity contribution in [2.45, 2.75) is 25.7 Å². The van der Waals surface area contributed by atoms with Gasteiger partial charge in [0.2, 0.25) is 17.7 Å². The number of hydrogen-bond acceptors (Lipinski definition) is 5. The summed E-state index contributed by atoms with van der Waals surface area (Å²) in [5.41, 5.74) is -0.156. The second-order valence-electron chi connectivity index (χ2n) is 6.23. The Morgan fingerprint density at radius 2 is 1.84 bits per heavy atom. The van der Waals surface area contributed by atoms with Gasteiger partial charge >= 0.3 is 0 Å². The minimum absolute atomic E-state index is 0.0445. The molecule has 3 amide bonds. The fourth-order valence-corrected chi connectivity index (χ4v) is 3.65. The molecule has 1 saturated heterocycles. The second kappa shape index (κ2) is 6.79. The highest BCUT2D eigenvalue weighted by molar-refractivity contribution is 6.32. The number of hydrogen-bond donors (Lipinski definition) is 1. The number of nitro groups is 1. The number of rotatable bonds is 4. The molecule has 1 aromatic carbocycles. The molecule has 1 aromatic rings. The van der Waals surface area contributed by atoms with Gasteiger partial charge in [-0.3, -0.25) is 29.4 Å². The summed E-state index contributed by atoms with van der Waals surface area (Å²) in [6.07, 6.45) is 3.18. The largest absolute Gasteiger partial charge is 0.324 e. The maximum atomic E-state index is 12.3. The number of halogens is 1. The molecule has 0 bridgehead atoms. The zero-order valence-corrected chi connectivity index (χ0v) is 14.0. The van der Waals surface area contributed by atoms with Crippen molar-refractivity contribution in [3.63, 3.8) is 0 Å². The lowest BCUT2D eigenvalue weighted by molar-refractivity contribution is -0.384. The topological polar surface area (TPSA) is 110 Å². The van der Waals surface area contributed by atoms with E-state index in [1.807, 2.05) is 0 Å². The van der Waals surface area contributed by atoms with Gasteiger partial charge in [-0.15, -0.1) is 0 Å². The quantitative estimate of drug-likeness (QED) is 0.500. The monoisotopic (exact) mass is 365 g/mol. The predicted octanol–water partition coefficient (Wildman–Crippen LogP) is 2.36. The first kappa shape index (κ1) is 17.3. The molecule has 1 heterocycles. The first-order valence-corrected chi connectivity index (χ1v) is 8.35. The van der Waals surface area contributed by atoms with E-state index in [0.717, 1.165) is 23.8 Å². The normalized spacial score (nSPS) is 22.7. The van der Waals surface area contributed by atoms with Crippen LogP contribution in [-0.4, -0.2) is 34.1 Å². The molecule has 25 heavy (non-hydrogen) atoms. The van der Waals surface area contributed by atoms with Crippen molar-refractivity contribution >= 4 is 40.7 Å². The number of nitrogens with one attached hydrogen (secondary N) is 1. The Labute approximate surface area is 148 Å². The Kier molecular flexibility index (Phi) is 4.71. The van der Waals surface area contributed by atoms with Crippen LogP contribution in [-0.2, 0) is 14.4 Å². The van der Waals surface area contributed by atoms with Gasteiger partial charge in [0.25, 0.3) is 5.69 Å². The number of anilines is 1. The summed E-state index contributed by atoms with van der Waals surface area (Å²) in [7, 11) is 0. The summed E-state index contributed by atoms with van der Waals surface area (Å²) < 4.78 is 0. The summed E-state index contributed by atoms with van der Waals surface area (Å²) in [4.78, 5) is 48.1. The van der Waals surface area contributed by atoms with Crippen LogP contribution in [0.2, 0.25) is 5.02 Å². The average Bonchev–Trinajstić information content (AvgIpc) is 2.82. The number of carbonyl (C=O) groups is 3. The fraction of sp³-hybridized carbons (Fsp3) is 0.438. The minimum Gasteiger partial charge on any atom is -0.324 e. The SMILES string of the molecule is O=C(CN1C(=O)[C@H]2CCCC[C@H]2C1=O)Nc1ccc(Cl)c([N+](=O)[O-])c1. The van der Waals surface area contributed by atoms with Crippen molar-refractivity contribution < 1.29 is 19.3 Å². The van der Waals surface area contributed by atoms with E-state index in [4.69, 9.17) is 11.6 Å². The van der Waals surface area contributed by atoms with Gasteiger partial charge in [-0.1, -0.05) is 24.4 Å². The lowest BCUT2D eigenvalue weighted by Gasteiger charge is -2.19. The number of likely N-dealkylation sites (tertiary alicyclic amines) is 1. The number of carbonyl (C=O) groups excluding carboxylic acids is 3. The van der Waals surface area contributed by atoms with Crippen LogP contribution in [0, 0.1) is 22.0 Å². The van der Waals surface area contributed by atoms with Crippen LogP contribution >= 0.6 is 11.6 Å². The van der Waals surface area contributed by atoms with Gasteiger partial charge in [0.1, 0.15) is 11.6 Å². The standard InChI is InChI=1S/C16H16ClN3O5/c17-12-6-5-9(7-13(12)20(24)25)18-14(21)8-19-15(22)10-3-1-2-4-11(10)16(19)23/h5-7,10-11H,1-4,8H2,(H,18,21)/t10-,11+. The van der Waals surface area contributed by atoms with E-state index >= 15 is 0 Å². The molecule has 1 N–H and O–H groups in total. The molecule has 0 spiro atoms. The van der Waals surface area contributed by atoms with Crippen molar-refractivity contribution in [2.75, 3.05) is 11.9 Å². The van der Waals surface area contributed by atoms with E-state index < -0.39 is 10.8 Å². The number of amides is 3. The number of imide groups is 1. The minimum atomic E-state index is -0.657. The smallest absolute Gasteiger partial charge is 0.289 e. The van der Waals surface area contributed by atoms with Crippen molar-refractivity contribution in [1.29, 1.82) is 0 Å². The molecule has 0 aromatic heterocycles. The molecule has 2 atom stereocenters. The fourth-order valence-electron chi connectivity index (χ4n) is 3.46. The third-order valence-corrected chi connectivity index (χ3v) is 4.98. The van der Waals surface area contributed by atoms with E-state index in [0.29, 0.717) is 12.8 Å². The molecule has 3 rings (SSSR count). The average molecular weight is 366 g/mol. The van der Waals surface area contributed by atoms with Gasteiger partial charge in [-0.2, -0.15) is 0 Å². The van der Waals surface area contributed by atoms with Gasteiger partial charge in [0, 0.05) is 11.8 Å². The first-order valence-electron chi connectivity index (χ1n) is 7.97. The Balaban J connectivity index is 1.69. The predicted molar refractivity (Wildman–Crippen MR) is 88.9 cm³/mol. The number of nitrogens with zero attached hydrogens (tertiary/aromatic N) is 2. The molecule has 2 fully saturated rings. The maximum absolute atomic E-state index is 12.3. The third kappa shape index (κ3) is 3.34. The van der Waals surface area contributed by atoms with Gasteiger partial charge in [-0.05, 0) is 25.0 Å². The molecule has 1 aliphatic heterocycles. The molecule has 8 nitrogen and oxygen atoms in total. The molecule has 1 saturated carbocycles. The molecular formula is C16H16ClN3O5. The van der Waals surface area contributed by atoms with Crippen LogP contribution in [0.15, 0.2) is 18.2 Å². The zero-order valence-electron chi connectivity index (χ0n) is 13.2. The van der Waals surface area contributed by atoms with Gasteiger partial charge in [-0.25, -0.2) is 0 Å². The summed E-state index contributed by atoms with van der Waals surface area (Å²) >= 11 is 5.72. The van der Waals surface area contributed by atoms with Crippen LogP contribution in [0.25, 0.3) is 0 Å². The molecule has 2 aliphatic rings. The molecule has 0 radical (unpaired) electrons. The highest BCUT2D eigenvalue weighted by Crippen LogP contribution is 2.37. The van der Waals surface area contributed by atoms with Crippen LogP contribution in [0.3, 0.4) is 0 Å². The summed E-state index contributed by atoms with van der Waals surface area (Å²) in [5.74, 6) is -1.81. The zero-order chi connectivity index (χ0) is 18.1. The van der Waals surface area contributed by atoms with Crippen LogP contribution < -0.4 is 5.32 Å². The Morgan fingerprint density at radius 1 is 1.24 bits per heavy atom. The summed E-state index contributed by atoms with van der Waals surface area (Å²) in [6, 6.07) is 3.85. The number of benzene rings is 1. The van der Waals surface area contributed by atoms with E-state index in [-0.39, 0.29) is 46.6 Å². The van der Waals surface area contributed by atoms with Crippen molar-refractivity contribution in [3.05, 3.63) is 33.3 Å². The lowest BCUT2D eigenvalue weighted by atomic mass is 9.81. The molecule has 132 valence electrons. The number of nitro benzene ring substituents is 1. The van der Waals surface area contributed by atoms with Crippen molar-refractivity contribution in [1.82, 2.24) is 4.90 Å². The van der Waals surface area contributed by atoms with Crippen LogP contribution in [0.1, 0.15) is 25.7 Å².